The van der Waals surface area contributed by atoms with Gasteiger partial charge in [0.2, 0.25) is 0 Å². The molecule has 0 saturated carbocycles. The van der Waals surface area contributed by atoms with Crippen molar-refractivity contribution >= 4 is 40.2 Å². The first kappa shape index (κ1) is 13.6. The van der Waals surface area contributed by atoms with Crippen molar-refractivity contribution in [2.24, 2.45) is 0 Å². The zero-order valence-corrected chi connectivity index (χ0v) is 11.1. The van der Waals surface area contributed by atoms with E-state index in [9.17, 15) is 13.6 Å². The highest BCUT2D eigenvalue weighted by atomic mass is 127. The summed E-state index contributed by atoms with van der Waals surface area (Å²) in [5.41, 5.74) is 0.0378. The van der Waals surface area contributed by atoms with Crippen molar-refractivity contribution in [3.8, 4) is 0 Å². The predicted octanol–water partition coefficient (Wildman–Crippen LogP) is 2.99. The molecule has 1 aromatic heterocycles. The smallest absolute Gasteiger partial charge is 0.310 e. The summed E-state index contributed by atoms with van der Waals surface area (Å²) < 4.78 is 29.8. The van der Waals surface area contributed by atoms with Crippen LogP contribution in [0.1, 0.15) is 17.6 Å². The van der Waals surface area contributed by atoms with Crippen LogP contribution in [0.3, 0.4) is 0 Å². The average molecular weight is 362 g/mol. The van der Waals surface area contributed by atoms with E-state index in [4.69, 9.17) is 11.6 Å². The molecule has 88 valence electrons. The molecule has 1 rings (SSSR count). The zero-order chi connectivity index (χ0) is 12.3. The molecule has 0 bridgehead atoms. The van der Waals surface area contributed by atoms with Crippen LogP contribution in [0.4, 0.5) is 8.78 Å². The first-order valence-electron chi connectivity index (χ1n) is 4.15. The van der Waals surface area contributed by atoms with Gasteiger partial charge in [0.1, 0.15) is 5.15 Å². The van der Waals surface area contributed by atoms with Crippen LogP contribution >= 0.6 is 34.2 Å². The lowest BCUT2D eigenvalue weighted by atomic mass is 10.1. The third kappa shape index (κ3) is 3.00. The predicted molar refractivity (Wildman–Crippen MR) is 62.6 cm³/mol. The van der Waals surface area contributed by atoms with Crippen molar-refractivity contribution < 1.29 is 18.3 Å². The molecule has 0 aliphatic heterocycles. The Bertz CT molecular complexity index is 415. The Hall–Kier alpha value is -0.500. The highest BCUT2D eigenvalue weighted by Crippen LogP contribution is 2.29. The largest absolute Gasteiger partial charge is 0.469 e. The van der Waals surface area contributed by atoms with Gasteiger partial charge in [-0.05, 0) is 22.6 Å². The zero-order valence-electron chi connectivity index (χ0n) is 8.14. The first-order valence-corrected chi connectivity index (χ1v) is 5.60. The Kier molecular flexibility index (Phi) is 4.85. The molecule has 0 radical (unpaired) electrons. The monoisotopic (exact) mass is 361 g/mol. The third-order valence-electron chi connectivity index (χ3n) is 1.87. The Labute approximate surface area is 109 Å². The lowest BCUT2D eigenvalue weighted by Gasteiger charge is -2.09. The molecule has 0 saturated heterocycles. The minimum atomic E-state index is -2.65. The van der Waals surface area contributed by atoms with Crippen LogP contribution in [0, 0.1) is 3.57 Å². The fourth-order valence-electron chi connectivity index (χ4n) is 1.04. The maximum Gasteiger partial charge on any atom is 0.310 e. The van der Waals surface area contributed by atoms with Crippen molar-refractivity contribution in [3.05, 3.63) is 26.0 Å². The van der Waals surface area contributed by atoms with Gasteiger partial charge in [-0.1, -0.05) is 11.6 Å². The molecular weight excluding hydrogens is 354 g/mol. The normalized spacial score (nSPS) is 10.6. The van der Waals surface area contributed by atoms with Crippen LogP contribution in [0.15, 0.2) is 6.20 Å². The highest BCUT2D eigenvalue weighted by molar-refractivity contribution is 14.1. The minimum absolute atomic E-state index is 0.0409. The molecule has 0 atom stereocenters. The summed E-state index contributed by atoms with van der Waals surface area (Å²) in [5.74, 6) is -0.548. The van der Waals surface area contributed by atoms with Gasteiger partial charge in [-0.25, -0.2) is 13.8 Å². The number of aromatic nitrogens is 1. The summed E-state index contributed by atoms with van der Waals surface area (Å²) in [6, 6.07) is 0. The van der Waals surface area contributed by atoms with E-state index in [1.165, 1.54) is 7.11 Å². The topological polar surface area (TPSA) is 39.2 Å². The highest BCUT2D eigenvalue weighted by Gasteiger charge is 2.19. The van der Waals surface area contributed by atoms with E-state index in [1.807, 2.05) is 0 Å². The molecule has 0 amide bonds. The van der Waals surface area contributed by atoms with Gasteiger partial charge < -0.3 is 4.74 Å². The molecule has 7 heteroatoms. The van der Waals surface area contributed by atoms with E-state index in [0.717, 1.165) is 6.20 Å². The van der Waals surface area contributed by atoms with E-state index < -0.39 is 12.4 Å². The molecule has 3 nitrogen and oxygen atoms in total. The van der Waals surface area contributed by atoms with Gasteiger partial charge in [-0.2, -0.15) is 0 Å². The van der Waals surface area contributed by atoms with Crippen molar-refractivity contribution in [3.63, 3.8) is 0 Å². The fourth-order valence-corrected chi connectivity index (χ4v) is 2.24. The standard InChI is InChI=1S/C9H7ClF2INO2/c1-16-6(15)2-4-7(13)5(9(11)12)3-14-8(4)10/h3,9H,2H2,1H3. The second-order valence-electron chi connectivity index (χ2n) is 2.85. The molecule has 0 unspecified atom stereocenters. The summed E-state index contributed by atoms with van der Waals surface area (Å²) >= 11 is 7.46. The maximum atomic E-state index is 12.6. The first-order chi connectivity index (χ1) is 7.47. The van der Waals surface area contributed by atoms with Crippen LogP contribution in [-0.2, 0) is 16.0 Å². The SMILES string of the molecule is COC(=O)Cc1c(Cl)ncc(C(F)F)c1I. The molecule has 1 heterocycles. The van der Waals surface area contributed by atoms with Gasteiger partial charge in [-0.15, -0.1) is 0 Å². The summed E-state index contributed by atoms with van der Waals surface area (Å²) in [6.45, 7) is 0. The van der Waals surface area contributed by atoms with Gasteiger partial charge in [-0.3, -0.25) is 4.79 Å². The van der Waals surface area contributed by atoms with Crippen LogP contribution in [0.5, 0.6) is 0 Å². The summed E-state index contributed by atoms with van der Waals surface area (Å²) in [5, 5.41) is 0.0409. The van der Waals surface area contributed by atoms with Crippen LogP contribution in [0.25, 0.3) is 0 Å². The number of rotatable bonds is 3. The molecule has 0 spiro atoms. The van der Waals surface area contributed by atoms with Crippen LogP contribution in [0.2, 0.25) is 5.15 Å². The summed E-state index contributed by atoms with van der Waals surface area (Å²) in [4.78, 5) is 14.7. The lowest BCUT2D eigenvalue weighted by molar-refractivity contribution is -0.139. The van der Waals surface area contributed by atoms with E-state index in [0.29, 0.717) is 0 Å². The number of methoxy groups -OCH3 is 1. The van der Waals surface area contributed by atoms with Gasteiger partial charge in [0, 0.05) is 20.9 Å². The van der Waals surface area contributed by atoms with E-state index >= 15 is 0 Å². The van der Waals surface area contributed by atoms with Gasteiger partial charge >= 0.3 is 5.97 Å². The van der Waals surface area contributed by atoms with E-state index in [2.05, 4.69) is 9.72 Å². The second-order valence-corrected chi connectivity index (χ2v) is 4.29. The number of alkyl halides is 2. The summed E-state index contributed by atoms with van der Waals surface area (Å²) in [6.07, 6.45) is -1.80. The number of pyridine rings is 1. The Morgan fingerprint density at radius 1 is 1.69 bits per heavy atom. The number of hydrogen-bond acceptors (Lipinski definition) is 3. The van der Waals surface area contributed by atoms with Crippen LogP contribution in [-0.4, -0.2) is 18.1 Å². The van der Waals surface area contributed by atoms with Crippen molar-refractivity contribution in [1.29, 1.82) is 0 Å². The number of halogens is 4. The average Bonchev–Trinajstić information content (AvgIpc) is 2.23. The van der Waals surface area contributed by atoms with Crippen molar-refractivity contribution in [1.82, 2.24) is 4.98 Å². The van der Waals surface area contributed by atoms with Gasteiger partial charge in [0.25, 0.3) is 6.43 Å². The van der Waals surface area contributed by atoms with Crippen molar-refractivity contribution in [2.45, 2.75) is 12.8 Å². The maximum absolute atomic E-state index is 12.6. The van der Waals surface area contributed by atoms with Crippen molar-refractivity contribution in [2.75, 3.05) is 7.11 Å². The molecule has 0 N–H and O–H groups in total. The number of nitrogens with zero attached hydrogens (tertiary/aromatic N) is 1. The molecular formula is C9H7ClF2INO2. The fraction of sp³-hybridized carbons (Fsp3) is 0.333. The quantitative estimate of drug-likeness (QED) is 0.472. The number of carbonyl (C=O) groups is 1. The second kappa shape index (κ2) is 5.72. The van der Waals surface area contributed by atoms with E-state index in [-0.39, 0.29) is 26.3 Å². The van der Waals surface area contributed by atoms with Gasteiger partial charge in [0.15, 0.2) is 0 Å². The number of ether oxygens (including phenoxy) is 1. The molecule has 0 fully saturated rings. The number of esters is 1. The molecule has 0 aliphatic rings. The van der Waals surface area contributed by atoms with Gasteiger partial charge in [0.05, 0.1) is 13.5 Å². The lowest BCUT2D eigenvalue weighted by Crippen LogP contribution is -2.09. The Balaban J connectivity index is 3.16. The Morgan fingerprint density at radius 2 is 2.31 bits per heavy atom. The molecule has 0 aromatic carbocycles. The van der Waals surface area contributed by atoms with E-state index in [1.54, 1.807) is 22.6 Å². The molecule has 0 aliphatic carbocycles. The summed E-state index contributed by atoms with van der Waals surface area (Å²) in [7, 11) is 1.22. The number of carbonyl (C=O) groups excluding carboxylic acids is 1. The Morgan fingerprint density at radius 3 is 2.81 bits per heavy atom. The minimum Gasteiger partial charge on any atom is -0.469 e. The molecule has 1 aromatic rings. The third-order valence-corrected chi connectivity index (χ3v) is 3.47. The number of hydrogen-bond donors (Lipinski definition) is 0. The molecule has 16 heavy (non-hydrogen) atoms. The van der Waals surface area contributed by atoms with Crippen LogP contribution < -0.4 is 0 Å².